The van der Waals surface area contributed by atoms with Gasteiger partial charge in [-0.15, -0.1) is 0 Å². The van der Waals surface area contributed by atoms with Crippen molar-refractivity contribution in [3.05, 3.63) is 0 Å². The molecule has 0 aliphatic rings. The van der Waals surface area contributed by atoms with Gasteiger partial charge in [0.25, 0.3) is 0 Å². The molecular formula is C16H36O6. The minimum atomic E-state index is -0.108. The van der Waals surface area contributed by atoms with Crippen molar-refractivity contribution in [2.45, 2.75) is 46.1 Å². The highest BCUT2D eigenvalue weighted by molar-refractivity contribution is 4.57. The molecule has 0 spiro atoms. The molecule has 2 N–H and O–H groups in total. The summed E-state index contributed by atoms with van der Waals surface area (Å²) >= 11 is 0. The molecule has 22 heavy (non-hydrogen) atoms. The monoisotopic (exact) mass is 324 g/mol. The van der Waals surface area contributed by atoms with Gasteiger partial charge in [-0.3, -0.25) is 0 Å². The fourth-order valence-electron chi connectivity index (χ4n) is 1.20. The second-order valence-electron chi connectivity index (χ2n) is 5.60. The summed E-state index contributed by atoms with van der Waals surface area (Å²) in [5.74, 6) is 0. The topological polar surface area (TPSA) is 77.4 Å². The number of ether oxygens (including phenoxy) is 4. The van der Waals surface area contributed by atoms with Crippen LogP contribution < -0.4 is 0 Å². The molecule has 0 fully saturated rings. The summed E-state index contributed by atoms with van der Waals surface area (Å²) in [5, 5.41) is 16.7. The van der Waals surface area contributed by atoms with Gasteiger partial charge in [-0.2, -0.15) is 0 Å². The average Bonchev–Trinajstić information content (AvgIpc) is 2.47. The molecule has 0 aromatic carbocycles. The second-order valence-corrected chi connectivity index (χ2v) is 5.60. The molecule has 0 rings (SSSR count). The average molecular weight is 324 g/mol. The van der Waals surface area contributed by atoms with Gasteiger partial charge in [0.1, 0.15) is 0 Å². The Morgan fingerprint density at radius 2 is 1.14 bits per heavy atom. The van der Waals surface area contributed by atoms with Crippen LogP contribution in [-0.4, -0.2) is 75.3 Å². The van der Waals surface area contributed by atoms with Crippen LogP contribution in [0, 0.1) is 0 Å². The lowest BCUT2D eigenvalue weighted by Gasteiger charge is -2.18. The van der Waals surface area contributed by atoms with Gasteiger partial charge in [-0.1, -0.05) is 13.3 Å². The summed E-state index contributed by atoms with van der Waals surface area (Å²) < 4.78 is 20.7. The number of aliphatic hydroxyl groups excluding tert-OH is 2. The van der Waals surface area contributed by atoms with E-state index in [0.717, 1.165) is 19.4 Å². The highest BCUT2D eigenvalue weighted by Crippen LogP contribution is 2.04. The minimum Gasteiger partial charge on any atom is -0.394 e. The molecule has 0 aliphatic heterocycles. The molecule has 0 atom stereocenters. The van der Waals surface area contributed by atoms with Gasteiger partial charge < -0.3 is 29.2 Å². The van der Waals surface area contributed by atoms with E-state index in [4.69, 9.17) is 29.2 Å². The summed E-state index contributed by atoms with van der Waals surface area (Å²) in [7, 11) is 0. The van der Waals surface area contributed by atoms with E-state index in [1.54, 1.807) is 0 Å². The number of aliphatic hydroxyl groups is 2. The smallest absolute Gasteiger partial charge is 0.0704 e. The predicted octanol–water partition coefficient (Wildman–Crippen LogP) is 1.62. The first kappa shape index (κ1) is 24.0. The fourth-order valence-corrected chi connectivity index (χ4v) is 1.20. The maximum Gasteiger partial charge on any atom is 0.0704 e. The van der Waals surface area contributed by atoms with Crippen LogP contribution in [0.1, 0.15) is 40.5 Å². The third-order valence-electron chi connectivity index (χ3n) is 2.25. The molecular weight excluding hydrogens is 288 g/mol. The van der Waals surface area contributed by atoms with Crippen molar-refractivity contribution >= 4 is 0 Å². The third-order valence-corrected chi connectivity index (χ3v) is 2.25. The molecule has 0 radical (unpaired) electrons. The van der Waals surface area contributed by atoms with Crippen LogP contribution >= 0.6 is 0 Å². The van der Waals surface area contributed by atoms with Crippen molar-refractivity contribution < 1.29 is 29.2 Å². The number of rotatable bonds is 13. The zero-order valence-electron chi connectivity index (χ0n) is 14.8. The summed E-state index contributed by atoms with van der Waals surface area (Å²) in [5.41, 5.74) is -0.108. The van der Waals surface area contributed by atoms with E-state index in [9.17, 15) is 0 Å². The molecule has 0 heterocycles. The highest BCUT2D eigenvalue weighted by atomic mass is 16.5. The van der Waals surface area contributed by atoms with Crippen molar-refractivity contribution in [3.8, 4) is 0 Å². The zero-order chi connectivity index (χ0) is 17.1. The van der Waals surface area contributed by atoms with Crippen molar-refractivity contribution in [1.29, 1.82) is 0 Å². The number of hydrogen-bond donors (Lipinski definition) is 2. The van der Waals surface area contributed by atoms with E-state index in [-0.39, 0.29) is 18.8 Å². The first-order valence-corrected chi connectivity index (χ1v) is 8.06. The Labute approximate surface area is 135 Å². The van der Waals surface area contributed by atoms with E-state index < -0.39 is 0 Å². The first-order chi connectivity index (χ1) is 10.5. The highest BCUT2D eigenvalue weighted by Gasteiger charge is 2.07. The van der Waals surface area contributed by atoms with Crippen LogP contribution in [0.15, 0.2) is 0 Å². The number of hydrogen-bond acceptors (Lipinski definition) is 6. The van der Waals surface area contributed by atoms with Gasteiger partial charge in [0.2, 0.25) is 0 Å². The first-order valence-electron chi connectivity index (χ1n) is 8.06. The lowest BCUT2D eigenvalue weighted by molar-refractivity contribution is -0.0199. The van der Waals surface area contributed by atoms with Crippen molar-refractivity contribution in [2.75, 3.05) is 59.5 Å². The van der Waals surface area contributed by atoms with E-state index in [0.29, 0.717) is 39.6 Å². The van der Waals surface area contributed by atoms with E-state index in [1.807, 2.05) is 20.8 Å². The molecule has 6 nitrogen and oxygen atoms in total. The molecule has 136 valence electrons. The lowest BCUT2D eigenvalue weighted by atomic mass is 10.2. The summed E-state index contributed by atoms with van der Waals surface area (Å²) in [6.45, 7) is 12.2. The Morgan fingerprint density at radius 3 is 1.50 bits per heavy atom. The van der Waals surface area contributed by atoms with E-state index >= 15 is 0 Å². The third kappa shape index (κ3) is 28.0. The second kappa shape index (κ2) is 18.8. The number of unbranched alkanes of at least 4 members (excludes halogenated alkanes) is 1. The largest absolute Gasteiger partial charge is 0.394 e. The van der Waals surface area contributed by atoms with Gasteiger partial charge in [-0.25, -0.2) is 0 Å². The van der Waals surface area contributed by atoms with Crippen LogP contribution in [0.5, 0.6) is 0 Å². The minimum absolute atomic E-state index is 0.0696. The van der Waals surface area contributed by atoms with Gasteiger partial charge in [0.05, 0.1) is 58.5 Å². The van der Waals surface area contributed by atoms with E-state index in [2.05, 4.69) is 6.92 Å². The van der Waals surface area contributed by atoms with Crippen molar-refractivity contribution in [1.82, 2.24) is 0 Å². The fraction of sp³-hybridized carbons (Fsp3) is 1.00. The van der Waals surface area contributed by atoms with E-state index in [1.165, 1.54) is 0 Å². The zero-order valence-corrected chi connectivity index (χ0v) is 14.8. The van der Waals surface area contributed by atoms with Crippen LogP contribution in [-0.2, 0) is 18.9 Å². The van der Waals surface area contributed by atoms with Crippen LogP contribution in [0.3, 0.4) is 0 Å². The molecule has 0 aliphatic carbocycles. The standard InChI is InChI=1S/C10H22O4.C6H14O2/c1-2-3-5-12-7-9-14-10-8-13-6-4-11;1-6(2,3)8-5-4-7/h11H,2-10H2,1H3;7H,4-5H2,1-3H3. The lowest BCUT2D eigenvalue weighted by Crippen LogP contribution is -2.20. The summed E-state index contributed by atoms with van der Waals surface area (Å²) in [6, 6.07) is 0. The van der Waals surface area contributed by atoms with Gasteiger partial charge in [-0.05, 0) is 27.2 Å². The maximum atomic E-state index is 8.40. The Balaban J connectivity index is 0. The Kier molecular flexibility index (Phi) is 20.5. The molecule has 6 heteroatoms. The van der Waals surface area contributed by atoms with Gasteiger partial charge in [0, 0.05) is 6.61 Å². The van der Waals surface area contributed by atoms with Crippen LogP contribution in [0.4, 0.5) is 0 Å². The maximum absolute atomic E-state index is 8.40. The van der Waals surface area contributed by atoms with Crippen LogP contribution in [0.25, 0.3) is 0 Å². The summed E-state index contributed by atoms with van der Waals surface area (Å²) in [6.07, 6.45) is 2.27. The van der Waals surface area contributed by atoms with Crippen molar-refractivity contribution in [3.63, 3.8) is 0 Å². The van der Waals surface area contributed by atoms with Gasteiger partial charge >= 0.3 is 0 Å². The molecule has 0 unspecified atom stereocenters. The van der Waals surface area contributed by atoms with Crippen molar-refractivity contribution in [2.24, 2.45) is 0 Å². The molecule has 0 amide bonds. The predicted molar refractivity (Wildman–Crippen MR) is 87.2 cm³/mol. The Hall–Kier alpha value is -0.240. The normalized spacial score (nSPS) is 11.2. The molecule has 0 bridgehead atoms. The SMILES string of the molecule is CC(C)(C)OCCO.CCCCOCCOCCOCCO. The summed E-state index contributed by atoms with van der Waals surface area (Å²) in [4.78, 5) is 0. The molecule has 0 aromatic rings. The molecule has 0 saturated carbocycles. The van der Waals surface area contributed by atoms with Crippen LogP contribution in [0.2, 0.25) is 0 Å². The quantitative estimate of drug-likeness (QED) is 0.501. The Morgan fingerprint density at radius 1 is 0.682 bits per heavy atom. The Bertz CT molecular complexity index is 182. The molecule has 0 aromatic heterocycles. The van der Waals surface area contributed by atoms with Gasteiger partial charge in [0.15, 0.2) is 0 Å². The molecule has 0 saturated heterocycles.